The second-order valence-electron chi connectivity index (χ2n) is 6.89. The van der Waals surface area contributed by atoms with Gasteiger partial charge in [0, 0.05) is 13.0 Å². The van der Waals surface area contributed by atoms with Crippen LogP contribution < -0.4 is 5.32 Å². The van der Waals surface area contributed by atoms with Gasteiger partial charge in [-0.3, -0.25) is 0 Å². The fourth-order valence-electron chi connectivity index (χ4n) is 2.09. The van der Waals surface area contributed by atoms with Crippen molar-refractivity contribution < 1.29 is 24.2 Å². The Morgan fingerprint density at radius 3 is 2.38 bits per heavy atom. The zero-order chi connectivity index (χ0) is 18.3. The van der Waals surface area contributed by atoms with Gasteiger partial charge in [0.15, 0.2) is 6.10 Å². The van der Waals surface area contributed by atoms with Crippen LogP contribution in [0.1, 0.15) is 45.7 Å². The van der Waals surface area contributed by atoms with Gasteiger partial charge in [0.25, 0.3) is 0 Å². The topological polar surface area (TPSA) is 84.9 Å². The quantitative estimate of drug-likeness (QED) is 0.798. The number of carbonyl (C=O) groups excluding carboxylic acids is 1. The standard InChI is InChI=1S/C18H27NO5/c1-12(2)23-15(16(20)21)10-13-7-6-8-14(9-13)11-19-17(22)24-18(3,4)5/h6-9,12,15H,10-11H2,1-5H3,(H,19,22)(H,20,21)/t15-/m0/s1. The molecule has 0 saturated carbocycles. The van der Waals surface area contributed by atoms with Crippen molar-refractivity contribution in [3.8, 4) is 0 Å². The van der Waals surface area contributed by atoms with E-state index in [0.717, 1.165) is 11.1 Å². The van der Waals surface area contributed by atoms with Crippen molar-refractivity contribution in [3.63, 3.8) is 0 Å². The first-order valence-electron chi connectivity index (χ1n) is 8.00. The second kappa shape index (κ2) is 8.68. The number of nitrogens with one attached hydrogen (secondary N) is 1. The van der Waals surface area contributed by atoms with Gasteiger partial charge in [0.2, 0.25) is 0 Å². The monoisotopic (exact) mass is 337 g/mol. The normalized spacial score (nSPS) is 12.8. The fourth-order valence-corrected chi connectivity index (χ4v) is 2.09. The van der Waals surface area contributed by atoms with Crippen LogP contribution in [0.4, 0.5) is 4.79 Å². The molecular weight excluding hydrogens is 310 g/mol. The second-order valence-corrected chi connectivity index (χ2v) is 6.89. The van der Waals surface area contributed by atoms with Crippen molar-refractivity contribution >= 4 is 12.1 Å². The minimum atomic E-state index is -0.985. The van der Waals surface area contributed by atoms with Crippen LogP contribution in [0.5, 0.6) is 0 Å². The number of alkyl carbamates (subject to hydrolysis) is 1. The highest BCUT2D eigenvalue weighted by molar-refractivity contribution is 5.72. The molecule has 2 N–H and O–H groups in total. The molecule has 0 unspecified atom stereocenters. The average molecular weight is 337 g/mol. The number of benzene rings is 1. The van der Waals surface area contributed by atoms with E-state index in [2.05, 4.69) is 5.32 Å². The molecule has 1 rings (SSSR count). The van der Waals surface area contributed by atoms with Crippen LogP contribution in [0.3, 0.4) is 0 Å². The third-order valence-electron chi connectivity index (χ3n) is 2.96. The molecule has 0 aromatic heterocycles. The van der Waals surface area contributed by atoms with Gasteiger partial charge < -0.3 is 19.9 Å². The van der Waals surface area contributed by atoms with Crippen LogP contribution in [0.25, 0.3) is 0 Å². The molecule has 1 aromatic rings. The Morgan fingerprint density at radius 2 is 1.83 bits per heavy atom. The Morgan fingerprint density at radius 1 is 1.21 bits per heavy atom. The van der Waals surface area contributed by atoms with E-state index in [9.17, 15) is 14.7 Å². The van der Waals surface area contributed by atoms with E-state index in [1.807, 2.05) is 24.3 Å². The smallest absolute Gasteiger partial charge is 0.407 e. The zero-order valence-electron chi connectivity index (χ0n) is 15.0. The van der Waals surface area contributed by atoms with E-state index < -0.39 is 23.8 Å². The third-order valence-corrected chi connectivity index (χ3v) is 2.96. The van der Waals surface area contributed by atoms with Crippen LogP contribution in [0.15, 0.2) is 24.3 Å². The van der Waals surface area contributed by atoms with Crippen molar-refractivity contribution in [2.24, 2.45) is 0 Å². The summed E-state index contributed by atoms with van der Waals surface area (Å²) in [5, 5.41) is 11.9. The molecule has 0 saturated heterocycles. The van der Waals surface area contributed by atoms with Crippen LogP contribution in [0.2, 0.25) is 0 Å². The van der Waals surface area contributed by atoms with E-state index in [0.29, 0.717) is 6.54 Å². The van der Waals surface area contributed by atoms with Crippen molar-refractivity contribution in [1.29, 1.82) is 0 Å². The minimum Gasteiger partial charge on any atom is -0.479 e. The number of ether oxygens (including phenoxy) is 2. The molecule has 0 radical (unpaired) electrons. The Labute approximate surface area is 143 Å². The Bertz CT molecular complexity index is 563. The lowest BCUT2D eigenvalue weighted by molar-refractivity contribution is -0.153. The van der Waals surface area contributed by atoms with Gasteiger partial charge >= 0.3 is 12.1 Å². The Hall–Kier alpha value is -2.08. The van der Waals surface area contributed by atoms with Gasteiger partial charge in [-0.15, -0.1) is 0 Å². The van der Waals surface area contributed by atoms with Crippen molar-refractivity contribution in [2.75, 3.05) is 0 Å². The number of hydrogen-bond donors (Lipinski definition) is 2. The van der Waals surface area contributed by atoms with E-state index in [1.54, 1.807) is 34.6 Å². The lowest BCUT2D eigenvalue weighted by atomic mass is 10.0. The van der Waals surface area contributed by atoms with E-state index in [1.165, 1.54) is 0 Å². The van der Waals surface area contributed by atoms with Crippen LogP contribution >= 0.6 is 0 Å². The molecule has 24 heavy (non-hydrogen) atoms. The minimum absolute atomic E-state index is 0.164. The van der Waals surface area contributed by atoms with E-state index in [-0.39, 0.29) is 12.5 Å². The van der Waals surface area contributed by atoms with Gasteiger partial charge in [-0.2, -0.15) is 0 Å². The molecule has 6 nitrogen and oxygen atoms in total. The number of aliphatic carboxylic acids is 1. The summed E-state index contributed by atoms with van der Waals surface area (Å²) in [5.41, 5.74) is 1.16. The molecule has 1 aromatic carbocycles. The van der Waals surface area contributed by atoms with Crippen molar-refractivity contribution in [3.05, 3.63) is 35.4 Å². The molecule has 0 aliphatic carbocycles. The van der Waals surface area contributed by atoms with Gasteiger partial charge in [0.05, 0.1) is 6.10 Å². The summed E-state index contributed by atoms with van der Waals surface area (Å²) >= 11 is 0. The molecule has 0 spiro atoms. The lowest BCUT2D eigenvalue weighted by Crippen LogP contribution is -2.32. The summed E-state index contributed by atoms with van der Waals surface area (Å²) in [7, 11) is 0. The average Bonchev–Trinajstić information content (AvgIpc) is 2.42. The molecule has 0 heterocycles. The maximum atomic E-state index is 11.7. The first-order chi connectivity index (χ1) is 11.1. The molecule has 1 atom stereocenters. The number of amides is 1. The fraction of sp³-hybridized carbons (Fsp3) is 0.556. The van der Waals surface area contributed by atoms with E-state index in [4.69, 9.17) is 9.47 Å². The van der Waals surface area contributed by atoms with Crippen LogP contribution in [-0.2, 0) is 27.2 Å². The van der Waals surface area contributed by atoms with Gasteiger partial charge in [-0.05, 0) is 45.7 Å². The number of carboxylic acids is 1. The Kier molecular flexibility index (Phi) is 7.22. The molecule has 1 amide bonds. The summed E-state index contributed by atoms with van der Waals surface area (Å²) in [6, 6.07) is 7.39. The van der Waals surface area contributed by atoms with E-state index >= 15 is 0 Å². The zero-order valence-corrected chi connectivity index (χ0v) is 15.0. The largest absolute Gasteiger partial charge is 0.479 e. The van der Waals surface area contributed by atoms with Gasteiger partial charge in [0.1, 0.15) is 5.60 Å². The predicted molar refractivity (Wildman–Crippen MR) is 90.9 cm³/mol. The molecular formula is C18H27NO5. The molecule has 134 valence electrons. The maximum Gasteiger partial charge on any atom is 0.407 e. The highest BCUT2D eigenvalue weighted by Crippen LogP contribution is 2.12. The first-order valence-corrected chi connectivity index (χ1v) is 8.00. The summed E-state index contributed by atoms with van der Waals surface area (Å²) < 4.78 is 10.6. The summed E-state index contributed by atoms with van der Waals surface area (Å²) in [6.07, 6.45) is -1.27. The Balaban J connectivity index is 2.66. The molecule has 6 heteroatoms. The highest BCUT2D eigenvalue weighted by Gasteiger charge is 2.20. The molecule has 0 aliphatic rings. The van der Waals surface area contributed by atoms with Gasteiger partial charge in [-0.25, -0.2) is 9.59 Å². The number of carbonyl (C=O) groups is 2. The van der Waals surface area contributed by atoms with Crippen LogP contribution in [0, 0.1) is 0 Å². The van der Waals surface area contributed by atoms with Gasteiger partial charge in [-0.1, -0.05) is 24.3 Å². The molecule has 0 aliphatic heterocycles. The number of rotatable bonds is 7. The SMILES string of the molecule is CC(C)O[C@@H](Cc1cccc(CNC(=O)OC(C)(C)C)c1)C(=O)O. The van der Waals surface area contributed by atoms with Crippen molar-refractivity contribution in [2.45, 2.75) is 65.4 Å². The summed E-state index contributed by atoms with van der Waals surface area (Å²) in [4.78, 5) is 22.9. The molecule has 0 fully saturated rings. The lowest BCUT2D eigenvalue weighted by Gasteiger charge is -2.20. The summed E-state index contributed by atoms with van der Waals surface area (Å²) in [5.74, 6) is -0.985. The van der Waals surface area contributed by atoms with Crippen molar-refractivity contribution in [1.82, 2.24) is 5.32 Å². The molecule has 0 bridgehead atoms. The maximum absolute atomic E-state index is 11.7. The number of hydrogen-bond acceptors (Lipinski definition) is 4. The number of carboxylic acid groups (broad SMARTS) is 1. The predicted octanol–water partition coefficient (Wildman–Crippen LogP) is 3.13. The van der Waals surface area contributed by atoms with Crippen LogP contribution in [-0.4, -0.2) is 35.0 Å². The summed E-state index contributed by atoms with van der Waals surface area (Å²) in [6.45, 7) is 9.32. The highest BCUT2D eigenvalue weighted by atomic mass is 16.6. The third kappa shape index (κ3) is 7.97. The first kappa shape index (κ1) is 20.0.